The van der Waals surface area contributed by atoms with Crippen molar-refractivity contribution in [1.82, 2.24) is 0 Å². The number of hydrogen-bond acceptors (Lipinski definition) is 3. The molecule has 2 rings (SSSR count). The number of carbonyl (C=O) groups excluding carboxylic acids is 2. The van der Waals surface area contributed by atoms with Gasteiger partial charge >= 0.3 is 0 Å². The predicted octanol–water partition coefficient (Wildman–Crippen LogP) is 2.50. The fourth-order valence-electron chi connectivity index (χ4n) is 2.04. The Bertz CT molecular complexity index is 734. The summed E-state index contributed by atoms with van der Waals surface area (Å²) in [5.74, 6) is -0.903. The molecule has 0 atom stereocenters. The molecule has 0 aliphatic heterocycles. The van der Waals surface area contributed by atoms with Crippen LogP contribution in [0.2, 0.25) is 0 Å². The molecule has 0 bridgehead atoms. The Labute approximate surface area is 135 Å². The first-order valence-electron chi connectivity index (χ1n) is 7.12. The van der Waals surface area contributed by atoms with E-state index in [4.69, 9.17) is 5.73 Å². The van der Waals surface area contributed by atoms with Crippen LogP contribution in [-0.2, 0) is 4.79 Å². The third-order valence-electron chi connectivity index (χ3n) is 3.29. The third kappa shape index (κ3) is 4.44. The van der Waals surface area contributed by atoms with Crippen molar-refractivity contribution in [1.29, 1.82) is 0 Å². The summed E-state index contributed by atoms with van der Waals surface area (Å²) < 4.78 is 0. The van der Waals surface area contributed by atoms with Gasteiger partial charge in [0.2, 0.25) is 5.91 Å². The van der Waals surface area contributed by atoms with Gasteiger partial charge in [-0.2, -0.15) is 0 Å². The van der Waals surface area contributed by atoms with Gasteiger partial charge < -0.3 is 16.0 Å². The SMILES string of the molecule is CN(C)c1ccc(C=CC(=O)Nc2ccccc2C(N)=O)cc1. The molecule has 0 aliphatic carbocycles. The van der Waals surface area contributed by atoms with Crippen molar-refractivity contribution in [2.45, 2.75) is 0 Å². The summed E-state index contributed by atoms with van der Waals surface area (Å²) in [5, 5.41) is 2.66. The minimum absolute atomic E-state index is 0.282. The fourth-order valence-corrected chi connectivity index (χ4v) is 2.04. The zero-order valence-electron chi connectivity index (χ0n) is 13.1. The zero-order chi connectivity index (χ0) is 16.8. The zero-order valence-corrected chi connectivity index (χ0v) is 13.1. The number of para-hydroxylation sites is 1. The van der Waals surface area contributed by atoms with Crippen molar-refractivity contribution >= 4 is 29.3 Å². The first-order chi connectivity index (χ1) is 11.0. The second kappa shape index (κ2) is 7.26. The number of nitrogens with two attached hydrogens (primary N) is 1. The molecule has 2 aromatic rings. The minimum atomic E-state index is -0.579. The first kappa shape index (κ1) is 16.3. The number of benzene rings is 2. The molecule has 5 nitrogen and oxygen atoms in total. The Balaban J connectivity index is 2.06. The molecule has 0 saturated heterocycles. The second-order valence-corrected chi connectivity index (χ2v) is 5.22. The number of primary amides is 1. The molecule has 0 unspecified atom stereocenters. The van der Waals surface area contributed by atoms with Crippen molar-refractivity contribution in [2.75, 3.05) is 24.3 Å². The highest BCUT2D eigenvalue weighted by molar-refractivity contribution is 6.07. The molecular formula is C18H19N3O2. The van der Waals surface area contributed by atoms with Gasteiger partial charge in [0.1, 0.15) is 0 Å². The van der Waals surface area contributed by atoms with E-state index in [-0.39, 0.29) is 11.5 Å². The van der Waals surface area contributed by atoms with Gasteiger partial charge in [0.15, 0.2) is 0 Å². The molecule has 0 spiro atoms. The summed E-state index contributed by atoms with van der Waals surface area (Å²) in [6.45, 7) is 0. The average Bonchev–Trinajstić information content (AvgIpc) is 2.53. The maximum atomic E-state index is 12.0. The van der Waals surface area contributed by atoms with Crippen molar-refractivity contribution in [3.8, 4) is 0 Å². The second-order valence-electron chi connectivity index (χ2n) is 5.22. The van der Waals surface area contributed by atoms with Crippen molar-refractivity contribution in [2.24, 2.45) is 5.73 Å². The molecule has 0 aliphatic rings. The van der Waals surface area contributed by atoms with E-state index in [1.807, 2.05) is 43.3 Å². The van der Waals surface area contributed by atoms with Gasteiger partial charge in [-0.25, -0.2) is 0 Å². The molecule has 23 heavy (non-hydrogen) atoms. The largest absolute Gasteiger partial charge is 0.378 e. The highest BCUT2D eigenvalue weighted by Crippen LogP contribution is 2.15. The van der Waals surface area contributed by atoms with E-state index < -0.39 is 5.91 Å². The molecule has 0 heterocycles. The summed E-state index contributed by atoms with van der Waals surface area (Å²) in [6, 6.07) is 14.4. The molecule has 118 valence electrons. The van der Waals surface area contributed by atoms with Gasteiger partial charge in [0.25, 0.3) is 5.91 Å². The molecule has 0 saturated carbocycles. The molecule has 2 amide bonds. The highest BCUT2D eigenvalue weighted by atomic mass is 16.2. The Kier molecular flexibility index (Phi) is 5.15. The van der Waals surface area contributed by atoms with Crippen LogP contribution in [0.1, 0.15) is 15.9 Å². The average molecular weight is 309 g/mol. The van der Waals surface area contributed by atoms with Crippen molar-refractivity contribution in [3.05, 3.63) is 65.7 Å². The van der Waals surface area contributed by atoms with Crippen LogP contribution in [0.3, 0.4) is 0 Å². The number of carbonyl (C=O) groups is 2. The summed E-state index contributed by atoms with van der Waals surface area (Å²) in [6.07, 6.45) is 3.13. The van der Waals surface area contributed by atoms with Crippen LogP contribution >= 0.6 is 0 Å². The molecular weight excluding hydrogens is 290 g/mol. The topological polar surface area (TPSA) is 75.4 Å². The van der Waals surface area contributed by atoms with Gasteiger partial charge in [0, 0.05) is 25.9 Å². The normalized spacial score (nSPS) is 10.5. The number of rotatable bonds is 5. The van der Waals surface area contributed by atoms with Crippen LogP contribution in [0.5, 0.6) is 0 Å². The van der Waals surface area contributed by atoms with E-state index in [0.29, 0.717) is 5.69 Å². The van der Waals surface area contributed by atoms with Crippen LogP contribution in [-0.4, -0.2) is 25.9 Å². The molecule has 3 N–H and O–H groups in total. The molecule has 5 heteroatoms. The summed E-state index contributed by atoms with van der Waals surface area (Å²) >= 11 is 0. The summed E-state index contributed by atoms with van der Waals surface area (Å²) in [4.78, 5) is 25.3. The number of nitrogens with one attached hydrogen (secondary N) is 1. The van der Waals surface area contributed by atoms with Crippen LogP contribution < -0.4 is 16.0 Å². The Morgan fingerprint density at radius 3 is 2.30 bits per heavy atom. The monoisotopic (exact) mass is 309 g/mol. The van der Waals surface area contributed by atoms with Gasteiger partial charge in [0.05, 0.1) is 11.3 Å². The van der Waals surface area contributed by atoms with Crippen LogP contribution in [0.25, 0.3) is 6.08 Å². The predicted molar refractivity (Wildman–Crippen MR) is 93.4 cm³/mol. The van der Waals surface area contributed by atoms with Crippen molar-refractivity contribution in [3.63, 3.8) is 0 Å². The first-order valence-corrected chi connectivity index (χ1v) is 7.12. The standard InChI is InChI=1S/C18H19N3O2/c1-21(2)14-10-7-13(8-11-14)9-12-17(22)20-16-6-4-3-5-15(16)18(19)23/h3-12H,1-2H3,(H2,19,23)(H,20,22). The molecule has 0 aromatic heterocycles. The minimum Gasteiger partial charge on any atom is -0.378 e. The maximum absolute atomic E-state index is 12.0. The molecule has 2 aromatic carbocycles. The van der Waals surface area contributed by atoms with Crippen LogP contribution in [0, 0.1) is 0 Å². The number of amides is 2. The Hall–Kier alpha value is -3.08. The quantitative estimate of drug-likeness (QED) is 0.833. The number of hydrogen-bond donors (Lipinski definition) is 2. The summed E-state index contributed by atoms with van der Waals surface area (Å²) in [7, 11) is 3.93. The van der Waals surface area contributed by atoms with E-state index >= 15 is 0 Å². The number of nitrogens with zero attached hydrogens (tertiary/aromatic N) is 1. The van der Waals surface area contributed by atoms with Gasteiger partial charge in [-0.1, -0.05) is 24.3 Å². The Morgan fingerprint density at radius 1 is 1.04 bits per heavy atom. The van der Waals surface area contributed by atoms with Crippen molar-refractivity contribution < 1.29 is 9.59 Å². The third-order valence-corrected chi connectivity index (χ3v) is 3.29. The van der Waals surface area contributed by atoms with E-state index in [0.717, 1.165) is 11.3 Å². The van der Waals surface area contributed by atoms with Crippen LogP contribution in [0.15, 0.2) is 54.6 Å². The van der Waals surface area contributed by atoms with Crippen LogP contribution in [0.4, 0.5) is 11.4 Å². The van der Waals surface area contributed by atoms with Gasteiger partial charge in [-0.15, -0.1) is 0 Å². The van der Waals surface area contributed by atoms with E-state index in [1.165, 1.54) is 6.08 Å². The lowest BCUT2D eigenvalue weighted by Gasteiger charge is -2.11. The van der Waals surface area contributed by atoms with Gasteiger partial charge in [-0.3, -0.25) is 9.59 Å². The van der Waals surface area contributed by atoms with Gasteiger partial charge in [-0.05, 0) is 35.9 Å². The molecule has 0 fully saturated rings. The summed E-state index contributed by atoms with van der Waals surface area (Å²) in [5.41, 5.74) is 7.96. The lowest BCUT2D eigenvalue weighted by atomic mass is 10.1. The maximum Gasteiger partial charge on any atom is 0.250 e. The fraction of sp³-hybridized carbons (Fsp3) is 0.111. The smallest absolute Gasteiger partial charge is 0.250 e. The van der Waals surface area contributed by atoms with E-state index in [1.54, 1.807) is 30.3 Å². The Morgan fingerprint density at radius 2 is 1.70 bits per heavy atom. The van der Waals surface area contributed by atoms with E-state index in [2.05, 4.69) is 5.32 Å². The molecule has 0 radical (unpaired) electrons. The number of anilines is 2. The highest BCUT2D eigenvalue weighted by Gasteiger charge is 2.08. The van der Waals surface area contributed by atoms with E-state index in [9.17, 15) is 9.59 Å². The lowest BCUT2D eigenvalue weighted by Crippen LogP contribution is -2.16. The lowest BCUT2D eigenvalue weighted by molar-refractivity contribution is -0.111.